The van der Waals surface area contributed by atoms with Crippen molar-refractivity contribution in [2.24, 2.45) is 11.1 Å². The largest absolute Gasteiger partial charge is 0.461 e. The van der Waals surface area contributed by atoms with Gasteiger partial charge in [0.05, 0.1) is 6.10 Å². The van der Waals surface area contributed by atoms with Crippen molar-refractivity contribution < 1.29 is 9.53 Å². The maximum absolute atomic E-state index is 12.5. The van der Waals surface area contributed by atoms with Crippen molar-refractivity contribution in [2.75, 3.05) is 0 Å². The van der Waals surface area contributed by atoms with Gasteiger partial charge in [-0.3, -0.25) is 0 Å². The van der Waals surface area contributed by atoms with Gasteiger partial charge in [0.2, 0.25) is 0 Å². The molecule has 1 aromatic rings. The molecule has 3 heteroatoms. The van der Waals surface area contributed by atoms with Gasteiger partial charge in [0, 0.05) is 0 Å². The summed E-state index contributed by atoms with van der Waals surface area (Å²) in [4.78, 5) is 12.5. The molecule has 20 heavy (non-hydrogen) atoms. The summed E-state index contributed by atoms with van der Waals surface area (Å²) in [6.45, 7) is 11.9. The van der Waals surface area contributed by atoms with E-state index in [2.05, 4.69) is 20.8 Å². The molecular weight excluding hydrogens is 250 g/mol. The highest BCUT2D eigenvalue weighted by Gasteiger charge is 2.41. The lowest BCUT2D eigenvalue weighted by Gasteiger charge is -2.34. The van der Waals surface area contributed by atoms with Gasteiger partial charge in [-0.1, -0.05) is 50.6 Å². The maximum Gasteiger partial charge on any atom is 0.331 e. The van der Waals surface area contributed by atoms with E-state index >= 15 is 0 Å². The van der Waals surface area contributed by atoms with Crippen LogP contribution in [0.25, 0.3) is 0 Å². The standard InChI is InChI=1S/C17H27NO2/c1-12(2)20-15(19)17(18,11-16(4,5)6)14-9-7-13(3)8-10-14/h7-10,12H,11,18H2,1-6H3/t17-/m1/s1. The lowest BCUT2D eigenvalue weighted by Crippen LogP contribution is -2.49. The minimum Gasteiger partial charge on any atom is -0.461 e. The SMILES string of the molecule is Cc1ccc([C@](N)(CC(C)(C)C)C(=O)OC(C)C)cc1. The fourth-order valence-electron chi connectivity index (χ4n) is 2.30. The summed E-state index contributed by atoms with van der Waals surface area (Å²) in [7, 11) is 0. The van der Waals surface area contributed by atoms with Crippen LogP contribution in [0.4, 0.5) is 0 Å². The van der Waals surface area contributed by atoms with Gasteiger partial charge in [-0.05, 0) is 38.2 Å². The normalized spacial score (nSPS) is 15.0. The Balaban J connectivity index is 3.19. The van der Waals surface area contributed by atoms with Crippen molar-refractivity contribution in [2.45, 2.75) is 59.6 Å². The first-order valence-corrected chi connectivity index (χ1v) is 7.12. The smallest absolute Gasteiger partial charge is 0.331 e. The predicted molar refractivity (Wildman–Crippen MR) is 82.3 cm³/mol. The van der Waals surface area contributed by atoms with Crippen LogP contribution >= 0.6 is 0 Å². The Kier molecular flexibility index (Phi) is 4.98. The third kappa shape index (κ3) is 4.34. The number of rotatable bonds is 4. The predicted octanol–water partition coefficient (Wildman–Crippen LogP) is 3.54. The Hall–Kier alpha value is -1.35. The molecule has 1 rings (SSSR count). The quantitative estimate of drug-likeness (QED) is 0.856. The molecule has 0 aromatic heterocycles. The Morgan fingerprint density at radius 3 is 2.10 bits per heavy atom. The summed E-state index contributed by atoms with van der Waals surface area (Å²) >= 11 is 0. The lowest BCUT2D eigenvalue weighted by molar-refractivity contribution is -0.156. The van der Waals surface area contributed by atoms with Crippen LogP contribution < -0.4 is 5.73 Å². The van der Waals surface area contributed by atoms with Crippen molar-refractivity contribution >= 4 is 5.97 Å². The summed E-state index contributed by atoms with van der Waals surface area (Å²) in [5, 5.41) is 0. The van der Waals surface area contributed by atoms with E-state index in [-0.39, 0.29) is 17.5 Å². The summed E-state index contributed by atoms with van der Waals surface area (Å²) < 4.78 is 5.38. The Labute approximate surface area is 122 Å². The second-order valence-corrected chi connectivity index (χ2v) is 7.03. The Morgan fingerprint density at radius 2 is 1.70 bits per heavy atom. The van der Waals surface area contributed by atoms with Crippen LogP contribution in [0, 0.1) is 12.3 Å². The number of benzene rings is 1. The van der Waals surface area contributed by atoms with Gasteiger partial charge in [-0.2, -0.15) is 0 Å². The van der Waals surface area contributed by atoms with Crippen LogP contribution in [0.15, 0.2) is 24.3 Å². The van der Waals surface area contributed by atoms with Crippen LogP contribution in [-0.2, 0) is 15.1 Å². The zero-order valence-corrected chi connectivity index (χ0v) is 13.5. The van der Waals surface area contributed by atoms with Gasteiger partial charge in [0.25, 0.3) is 0 Å². The molecule has 1 aromatic carbocycles. The molecule has 0 aliphatic rings. The Bertz CT molecular complexity index is 457. The third-order valence-electron chi connectivity index (χ3n) is 3.08. The molecular formula is C17H27NO2. The van der Waals surface area contributed by atoms with Gasteiger partial charge in [0.1, 0.15) is 5.54 Å². The van der Waals surface area contributed by atoms with Crippen molar-refractivity contribution in [3.8, 4) is 0 Å². The molecule has 0 bridgehead atoms. The van der Waals surface area contributed by atoms with Crippen LogP contribution in [0.3, 0.4) is 0 Å². The minimum absolute atomic E-state index is 0.0738. The number of carbonyl (C=O) groups is 1. The molecule has 2 N–H and O–H groups in total. The van der Waals surface area contributed by atoms with Gasteiger partial charge < -0.3 is 10.5 Å². The molecule has 112 valence electrons. The summed E-state index contributed by atoms with van der Waals surface area (Å²) in [5.74, 6) is -0.355. The van der Waals surface area contributed by atoms with E-state index in [4.69, 9.17) is 10.5 Å². The molecule has 0 fully saturated rings. The van der Waals surface area contributed by atoms with Crippen molar-refractivity contribution in [1.82, 2.24) is 0 Å². The van der Waals surface area contributed by atoms with E-state index in [0.717, 1.165) is 11.1 Å². The first-order valence-electron chi connectivity index (χ1n) is 7.12. The van der Waals surface area contributed by atoms with Gasteiger partial charge >= 0.3 is 5.97 Å². The fraction of sp³-hybridized carbons (Fsp3) is 0.588. The van der Waals surface area contributed by atoms with Crippen molar-refractivity contribution in [1.29, 1.82) is 0 Å². The topological polar surface area (TPSA) is 52.3 Å². The number of esters is 1. The molecule has 0 saturated heterocycles. The van der Waals surface area contributed by atoms with Crippen LogP contribution in [0.2, 0.25) is 0 Å². The minimum atomic E-state index is -1.10. The average molecular weight is 277 g/mol. The third-order valence-corrected chi connectivity index (χ3v) is 3.08. The number of aryl methyl sites for hydroxylation is 1. The van der Waals surface area contributed by atoms with E-state index in [1.54, 1.807) is 0 Å². The van der Waals surface area contributed by atoms with E-state index in [1.165, 1.54) is 0 Å². The highest BCUT2D eigenvalue weighted by Crippen LogP contribution is 2.34. The molecule has 3 nitrogen and oxygen atoms in total. The summed E-state index contributed by atoms with van der Waals surface area (Å²) in [6.07, 6.45) is 0.366. The molecule has 0 saturated carbocycles. The summed E-state index contributed by atoms with van der Waals surface area (Å²) in [5.41, 5.74) is 7.25. The number of ether oxygens (including phenoxy) is 1. The maximum atomic E-state index is 12.5. The first kappa shape index (κ1) is 16.7. The fourth-order valence-corrected chi connectivity index (χ4v) is 2.30. The number of nitrogens with two attached hydrogens (primary N) is 1. The van der Waals surface area contributed by atoms with E-state index < -0.39 is 5.54 Å². The monoisotopic (exact) mass is 277 g/mol. The van der Waals surface area contributed by atoms with Crippen molar-refractivity contribution in [3.63, 3.8) is 0 Å². The zero-order chi connectivity index (χ0) is 15.6. The molecule has 0 unspecified atom stereocenters. The summed E-state index contributed by atoms with van der Waals surface area (Å²) in [6, 6.07) is 7.79. The van der Waals surface area contributed by atoms with E-state index in [9.17, 15) is 4.79 Å². The molecule has 0 heterocycles. The average Bonchev–Trinajstić information content (AvgIpc) is 2.26. The number of hydrogen-bond donors (Lipinski definition) is 1. The van der Waals surface area contributed by atoms with Gasteiger partial charge in [-0.25, -0.2) is 4.79 Å². The highest BCUT2D eigenvalue weighted by molar-refractivity contribution is 5.82. The number of hydrogen-bond acceptors (Lipinski definition) is 3. The molecule has 0 aliphatic heterocycles. The molecule has 1 atom stereocenters. The second-order valence-electron chi connectivity index (χ2n) is 7.03. The van der Waals surface area contributed by atoms with E-state index in [0.29, 0.717) is 6.42 Å². The first-order chi connectivity index (χ1) is 9.04. The molecule has 0 amide bonds. The highest BCUT2D eigenvalue weighted by atomic mass is 16.5. The zero-order valence-electron chi connectivity index (χ0n) is 13.5. The van der Waals surface area contributed by atoms with Crippen LogP contribution in [0.1, 0.15) is 52.2 Å². The van der Waals surface area contributed by atoms with Crippen LogP contribution in [-0.4, -0.2) is 12.1 Å². The molecule has 0 radical (unpaired) electrons. The van der Waals surface area contributed by atoms with Crippen molar-refractivity contribution in [3.05, 3.63) is 35.4 Å². The number of carbonyl (C=O) groups excluding carboxylic acids is 1. The lowest BCUT2D eigenvalue weighted by atomic mass is 9.76. The molecule has 0 spiro atoms. The van der Waals surface area contributed by atoms with E-state index in [1.807, 2.05) is 45.0 Å². The Morgan fingerprint density at radius 1 is 1.20 bits per heavy atom. The molecule has 0 aliphatic carbocycles. The second kappa shape index (κ2) is 5.96. The van der Waals surface area contributed by atoms with Gasteiger partial charge in [-0.15, -0.1) is 0 Å². The van der Waals surface area contributed by atoms with Crippen LogP contribution in [0.5, 0.6) is 0 Å². The van der Waals surface area contributed by atoms with Gasteiger partial charge in [0.15, 0.2) is 0 Å².